The molecule has 0 fully saturated rings. The maximum atomic E-state index is 5.42. The molecule has 1 rings (SSSR count). The summed E-state index contributed by atoms with van der Waals surface area (Å²) in [6, 6.07) is 0. The summed E-state index contributed by atoms with van der Waals surface area (Å²) in [4.78, 5) is 4.59. The quantitative estimate of drug-likeness (QED) is 0.743. The molecule has 0 radical (unpaired) electrons. The molecule has 0 amide bonds. The van der Waals surface area contributed by atoms with Crippen LogP contribution < -0.4 is 0 Å². The first-order valence-electron chi connectivity index (χ1n) is 5.17. The zero-order valence-corrected chi connectivity index (χ0v) is 10.2. The van der Waals surface area contributed by atoms with Crippen LogP contribution >= 0.6 is 11.3 Å². The number of nitrogens with zero attached hydrogens (tertiary/aromatic N) is 1. The van der Waals surface area contributed by atoms with E-state index in [-0.39, 0.29) is 6.10 Å². The van der Waals surface area contributed by atoms with Gasteiger partial charge < -0.3 is 4.74 Å². The average molecular weight is 213 g/mol. The summed E-state index contributed by atoms with van der Waals surface area (Å²) in [5.41, 5.74) is 1.18. The molecule has 0 spiro atoms. The van der Waals surface area contributed by atoms with Crippen LogP contribution in [0.15, 0.2) is 5.38 Å². The fourth-order valence-corrected chi connectivity index (χ4v) is 2.41. The topological polar surface area (TPSA) is 22.1 Å². The van der Waals surface area contributed by atoms with E-state index in [0.717, 1.165) is 17.8 Å². The minimum absolute atomic E-state index is 0.192. The van der Waals surface area contributed by atoms with Crippen LogP contribution in [0.2, 0.25) is 0 Å². The molecule has 1 aromatic heterocycles. The van der Waals surface area contributed by atoms with Crippen molar-refractivity contribution in [3.8, 4) is 0 Å². The highest BCUT2D eigenvalue weighted by Gasteiger charge is 2.14. The van der Waals surface area contributed by atoms with Gasteiger partial charge in [0.1, 0.15) is 11.1 Å². The molecule has 0 saturated heterocycles. The molecule has 14 heavy (non-hydrogen) atoms. The number of thiazole rings is 1. The van der Waals surface area contributed by atoms with Gasteiger partial charge in [-0.05, 0) is 12.3 Å². The lowest BCUT2D eigenvalue weighted by Crippen LogP contribution is -2.01. The summed E-state index contributed by atoms with van der Waals surface area (Å²) >= 11 is 1.71. The summed E-state index contributed by atoms with van der Waals surface area (Å²) in [5, 5.41) is 3.26. The highest BCUT2D eigenvalue weighted by Crippen LogP contribution is 2.27. The molecule has 1 aromatic rings. The Morgan fingerprint density at radius 2 is 2.21 bits per heavy atom. The van der Waals surface area contributed by atoms with Crippen LogP contribution in [0.5, 0.6) is 0 Å². The predicted molar refractivity (Wildman–Crippen MR) is 60.9 cm³/mol. The van der Waals surface area contributed by atoms with Crippen LogP contribution in [-0.4, -0.2) is 12.1 Å². The molecule has 0 N–H and O–H groups in total. The molecule has 1 atom stereocenters. The zero-order chi connectivity index (χ0) is 10.6. The summed E-state index contributed by atoms with van der Waals surface area (Å²) in [7, 11) is 1.76. The number of aromatic nitrogens is 1. The number of rotatable bonds is 5. The smallest absolute Gasteiger partial charge is 0.122 e. The van der Waals surface area contributed by atoms with E-state index in [9.17, 15) is 0 Å². The van der Waals surface area contributed by atoms with Crippen molar-refractivity contribution < 1.29 is 4.74 Å². The van der Waals surface area contributed by atoms with Gasteiger partial charge in [0.05, 0.1) is 5.69 Å². The third kappa shape index (κ3) is 2.79. The lowest BCUT2D eigenvalue weighted by atomic mass is 10.1. The molecular weight excluding hydrogens is 194 g/mol. The standard InChI is InChI=1S/C11H19NOS/c1-5-6-10(13-4)11-12-9(7-14-11)8(2)3/h7-8,10H,5-6H2,1-4H3. The van der Waals surface area contributed by atoms with Gasteiger partial charge in [-0.3, -0.25) is 0 Å². The Labute approximate surface area is 90.3 Å². The Bertz CT molecular complexity index is 270. The Kier molecular flexibility index (Phi) is 4.55. The molecule has 80 valence electrons. The molecule has 3 heteroatoms. The van der Waals surface area contributed by atoms with Gasteiger partial charge in [-0.15, -0.1) is 11.3 Å². The first-order valence-corrected chi connectivity index (χ1v) is 6.05. The van der Waals surface area contributed by atoms with Gasteiger partial charge in [0.25, 0.3) is 0 Å². The van der Waals surface area contributed by atoms with Gasteiger partial charge in [-0.1, -0.05) is 27.2 Å². The highest BCUT2D eigenvalue weighted by atomic mass is 32.1. The fraction of sp³-hybridized carbons (Fsp3) is 0.727. The number of hydrogen-bond donors (Lipinski definition) is 0. The summed E-state index contributed by atoms with van der Waals surface area (Å²) in [6.07, 6.45) is 2.38. The van der Waals surface area contributed by atoms with Crippen molar-refractivity contribution >= 4 is 11.3 Å². The van der Waals surface area contributed by atoms with Gasteiger partial charge in [0, 0.05) is 12.5 Å². The van der Waals surface area contributed by atoms with E-state index in [1.54, 1.807) is 18.4 Å². The van der Waals surface area contributed by atoms with E-state index in [0.29, 0.717) is 5.92 Å². The molecular formula is C11H19NOS. The number of methoxy groups -OCH3 is 1. The normalized spacial score (nSPS) is 13.5. The second kappa shape index (κ2) is 5.47. The zero-order valence-electron chi connectivity index (χ0n) is 9.41. The SMILES string of the molecule is CCCC(OC)c1nc(C(C)C)cs1. The largest absolute Gasteiger partial charge is 0.374 e. The Morgan fingerprint density at radius 1 is 1.50 bits per heavy atom. The molecule has 2 nitrogen and oxygen atoms in total. The van der Waals surface area contributed by atoms with Gasteiger partial charge in [-0.2, -0.15) is 0 Å². The average Bonchev–Trinajstić information content (AvgIpc) is 2.63. The van der Waals surface area contributed by atoms with Gasteiger partial charge in [-0.25, -0.2) is 4.98 Å². The van der Waals surface area contributed by atoms with Crippen molar-refractivity contribution in [1.29, 1.82) is 0 Å². The lowest BCUT2D eigenvalue weighted by Gasteiger charge is -2.10. The Balaban J connectivity index is 2.73. The first-order chi connectivity index (χ1) is 6.69. The molecule has 0 aliphatic heterocycles. The predicted octanol–water partition coefficient (Wildman–Crippen LogP) is 3.75. The van der Waals surface area contributed by atoms with Crippen LogP contribution in [-0.2, 0) is 4.74 Å². The molecule has 0 aromatic carbocycles. The van der Waals surface area contributed by atoms with E-state index in [4.69, 9.17) is 4.74 Å². The molecule has 1 unspecified atom stereocenters. The van der Waals surface area contributed by atoms with E-state index < -0.39 is 0 Å². The van der Waals surface area contributed by atoms with Crippen LogP contribution in [0.4, 0.5) is 0 Å². The maximum absolute atomic E-state index is 5.42. The van der Waals surface area contributed by atoms with Crippen molar-refractivity contribution in [1.82, 2.24) is 4.98 Å². The van der Waals surface area contributed by atoms with Crippen molar-refractivity contribution in [3.63, 3.8) is 0 Å². The second-order valence-electron chi connectivity index (χ2n) is 3.78. The molecule has 1 heterocycles. The van der Waals surface area contributed by atoms with Crippen molar-refractivity contribution in [2.45, 2.75) is 45.6 Å². The molecule has 0 aliphatic rings. The second-order valence-corrected chi connectivity index (χ2v) is 4.67. The minimum atomic E-state index is 0.192. The van der Waals surface area contributed by atoms with Crippen LogP contribution in [0.3, 0.4) is 0 Å². The minimum Gasteiger partial charge on any atom is -0.374 e. The molecule has 0 saturated carbocycles. The maximum Gasteiger partial charge on any atom is 0.122 e. The highest BCUT2D eigenvalue weighted by molar-refractivity contribution is 7.09. The summed E-state index contributed by atoms with van der Waals surface area (Å²) < 4.78 is 5.42. The third-order valence-electron chi connectivity index (χ3n) is 2.24. The van der Waals surface area contributed by atoms with Crippen LogP contribution in [0.1, 0.15) is 56.3 Å². The third-order valence-corrected chi connectivity index (χ3v) is 3.20. The van der Waals surface area contributed by atoms with E-state index in [2.05, 4.69) is 31.1 Å². The Morgan fingerprint density at radius 3 is 2.64 bits per heavy atom. The van der Waals surface area contributed by atoms with Crippen molar-refractivity contribution in [2.75, 3.05) is 7.11 Å². The first kappa shape index (κ1) is 11.7. The van der Waals surface area contributed by atoms with Gasteiger partial charge in [0.2, 0.25) is 0 Å². The van der Waals surface area contributed by atoms with E-state index in [1.165, 1.54) is 5.69 Å². The molecule has 0 aliphatic carbocycles. The van der Waals surface area contributed by atoms with Gasteiger partial charge in [0.15, 0.2) is 0 Å². The van der Waals surface area contributed by atoms with Crippen molar-refractivity contribution in [3.05, 3.63) is 16.1 Å². The van der Waals surface area contributed by atoms with E-state index in [1.807, 2.05) is 0 Å². The summed E-state index contributed by atoms with van der Waals surface area (Å²) in [6.45, 7) is 6.50. The van der Waals surface area contributed by atoms with Gasteiger partial charge >= 0.3 is 0 Å². The number of hydrogen-bond acceptors (Lipinski definition) is 3. The lowest BCUT2D eigenvalue weighted by molar-refractivity contribution is 0.0946. The summed E-state index contributed by atoms with van der Waals surface area (Å²) in [5.74, 6) is 0.513. The van der Waals surface area contributed by atoms with E-state index >= 15 is 0 Å². The van der Waals surface area contributed by atoms with Crippen LogP contribution in [0.25, 0.3) is 0 Å². The number of ether oxygens (including phenoxy) is 1. The fourth-order valence-electron chi connectivity index (χ4n) is 1.32. The monoisotopic (exact) mass is 213 g/mol. The van der Waals surface area contributed by atoms with Crippen LogP contribution in [0, 0.1) is 0 Å². The Hall–Kier alpha value is -0.410. The molecule has 0 bridgehead atoms. The van der Waals surface area contributed by atoms with Crippen molar-refractivity contribution in [2.24, 2.45) is 0 Å².